The fraction of sp³-hybridized carbons (Fsp3) is 0.462. The van der Waals surface area contributed by atoms with Gasteiger partial charge in [0.1, 0.15) is 5.75 Å². The highest BCUT2D eigenvalue weighted by Crippen LogP contribution is 2.42. The molecule has 1 aliphatic rings. The largest absolute Gasteiger partial charge is 0.494 e. The van der Waals surface area contributed by atoms with Crippen LogP contribution in [0, 0.1) is 5.92 Å². The summed E-state index contributed by atoms with van der Waals surface area (Å²) < 4.78 is 5.56. The number of rotatable bonds is 2. The highest BCUT2D eigenvalue weighted by molar-refractivity contribution is 6.03. The molecule has 2 atom stereocenters. The van der Waals surface area contributed by atoms with Gasteiger partial charge in [-0.25, -0.2) is 0 Å². The molecule has 0 saturated carbocycles. The fourth-order valence-corrected chi connectivity index (χ4v) is 2.23. The van der Waals surface area contributed by atoms with Gasteiger partial charge in [0.25, 0.3) is 0 Å². The van der Waals surface area contributed by atoms with Crippen LogP contribution in [0.4, 0.5) is 0 Å². The van der Waals surface area contributed by atoms with Crippen molar-refractivity contribution in [3.63, 3.8) is 0 Å². The summed E-state index contributed by atoms with van der Waals surface area (Å²) >= 11 is 0. The molecule has 2 rings (SSSR count). The summed E-state index contributed by atoms with van der Waals surface area (Å²) in [5.74, 6) is 1.48. The van der Waals surface area contributed by atoms with Crippen molar-refractivity contribution in [3.8, 4) is 5.75 Å². The van der Waals surface area contributed by atoms with Crippen molar-refractivity contribution in [2.75, 3.05) is 6.61 Å². The summed E-state index contributed by atoms with van der Waals surface area (Å²) in [6.45, 7) is 6.69. The zero-order chi connectivity index (χ0) is 11.0. The molecular weight excluding hydrogens is 188 g/mol. The molecule has 0 aliphatic heterocycles. The lowest BCUT2D eigenvalue weighted by Crippen LogP contribution is -2.06. The maximum atomic E-state index is 11.9. The zero-order valence-electron chi connectivity index (χ0n) is 9.41. The maximum absolute atomic E-state index is 11.9. The van der Waals surface area contributed by atoms with Gasteiger partial charge in [-0.1, -0.05) is 26.0 Å². The smallest absolute Gasteiger partial charge is 0.166 e. The van der Waals surface area contributed by atoms with E-state index in [1.807, 2.05) is 32.0 Å². The van der Waals surface area contributed by atoms with E-state index in [1.54, 1.807) is 0 Å². The van der Waals surface area contributed by atoms with Crippen LogP contribution in [-0.2, 0) is 0 Å². The molecule has 0 aromatic heterocycles. The Morgan fingerprint density at radius 1 is 1.27 bits per heavy atom. The van der Waals surface area contributed by atoms with Crippen molar-refractivity contribution >= 4 is 5.78 Å². The predicted molar refractivity (Wildman–Crippen MR) is 59.5 cm³/mol. The number of hydrogen-bond acceptors (Lipinski definition) is 2. The van der Waals surface area contributed by atoms with Crippen molar-refractivity contribution in [1.29, 1.82) is 0 Å². The van der Waals surface area contributed by atoms with Crippen molar-refractivity contribution in [3.05, 3.63) is 29.3 Å². The molecule has 0 heterocycles. The molecule has 2 nitrogen and oxygen atoms in total. The Morgan fingerprint density at radius 2 is 2.00 bits per heavy atom. The number of ketones is 1. The molecule has 2 heteroatoms. The third-order valence-electron chi connectivity index (χ3n) is 3.25. The Balaban J connectivity index is 2.53. The summed E-state index contributed by atoms with van der Waals surface area (Å²) in [6.07, 6.45) is 0. The standard InChI is InChI=1S/C13H16O2/c1-4-15-11-7-5-6-10-12(11)8(2)9(3)13(10)14/h5-9H,4H2,1-3H3. The normalized spacial score (nSPS) is 24.1. The quantitative estimate of drug-likeness (QED) is 0.740. The van der Waals surface area contributed by atoms with Gasteiger partial charge >= 0.3 is 0 Å². The van der Waals surface area contributed by atoms with Gasteiger partial charge in [-0.15, -0.1) is 0 Å². The summed E-state index contributed by atoms with van der Waals surface area (Å²) in [5, 5.41) is 0. The molecule has 0 spiro atoms. The maximum Gasteiger partial charge on any atom is 0.166 e. The summed E-state index contributed by atoms with van der Waals surface area (Å²) in [5.41, 5.74) is 1.94. The summed E-state index contributed by atoms with van der Waals surface area (Å²) in [6, 6.07) is 5.75. The van der Waals surface area contributed by atoms with Crippen molar-refractivity contribution in [2.24, 2.45) is 5.92 Å². The molecule has 0 radical (unpaired) electrons. The van der Waals surface area contributed by atoms with Gasteiger partial charge < -0.3 is 4.74 Å². The second-order valence-corrected chi connectivity index (χ2v) is 4.09. The Kier molecular flexibility index (Phi) is 2.51. The zero-order valence-corrected chi connectivity index (χ0v) is 9.41. The lowest BCUT2D eigenvalue weighted by Gasteiger charge is -2.13. The van der Waals surface area contributed by atoms with Crippen LogP contribution < -0.4 is 4.74 Å². The van der Waals surface area contributed by atoms with Crippen LogP contribution in [0.1, 0.15) is 42.6 Å². The predicted octanol–water partition coefficient (Wildman–Crippen LogP) is 3.02. The summed E-state index contributed by atoms with van der Waals surface area (Å²) in [7, 11) is 0. The first-order chi connectivity index (χ1) is 7.16. The molecule has 0 fully saturated rings. The van der Waals surface area contributed by atoms with Crippen molar-refractivity contribution in [1.82, 2.24) is 0 Å². The van der Waals surface area contributed by atoms with Crippen LogP contribution in [0.2, 0.25) is 0 Å². The Labute approximate surface area is 90.3 Å². The first-order valence-electron chi connectivity index (χ1n) is 5.46. The molecule has 15 heavy (non-hydrogen) atoms. The SMILES string of the molecule is CCOc1cccc2c1C(C)C(C)C2=O. The third kappa shape index (κ3) is 1.44. The fourth-order valence-electron chi connectivity index (χ4n) is 2.23. The average molecular weight is 204 g/mol. The Bertz CT molecular complexity index is 396. The first kappa shape index (κ1) is 10.2. The molecule has 1 aromatic rings. The molecule has 0 N–H and O–H groups in total. The minimum Gasteiger partial charge on any atom is -0.494 e. The van der Waals surface area contributed by atoms with Gasteiger partial charge in [-0.2, -0.15) is 0 Å². The molecule has 2 unspecified atom stereocenters. The molecule has 0 bridgehead atoms. The lowest BCUT2D eigenvalue weighted by atomic mass is 9.96. The van der Waals surface area contributed by atoms with Gasteiger partial charge in [-0.3, -0.25) is 4.79 Å². The van der Waals surface area contributed by atoms with Crippen LogP contribution in [0.5, 0.6) is 5.75 Å². The van der Waals surface area contributed by atoms with E-state index in [9.17, 15) is 4.79 Å². The van der Waals surface area contributed by atoms with E-state index in [4.69, 9.17) is 4.74 Å². The van der Waals surface area contributed by atoms with Crippen LogP contribution in [0.3, 0.4) is 0 Å². The molecule has 0 saturated heterocycles. The van der Waals surface area contributed by atoms with Gasteiger partial charge in [0.15, 0.2) is 5.78 Å². The molecule has 1 aliphatic carbocycles. The van der Waals surface area contributed by atoms with E-state index in [2.05, 4.69) is 6.92 Å². The minimum absolute atomic E-state index is 0.0848. The number of carbonyl (C=O) groups is 1. The number of benzene rings is 1. The van der Waals surface area contributed by atoms with Crippen LogP contribution in [0.15, 0.2) is 18.2 Å². The number of Topliss-reactive ketones (excluding diaryl/α,β-unsaturated/α-hetero) is 1. The van der Waals surface area contributed by atoms with Gasteiger partial charge in [0, 0.05) is 17.0 Å². The molecule has 80 valence electrons. The topological polar surface area (TPSA) is 26.3 Å². The van der Waals surface area contributed by atoms with E-state index >= 15 is 0 Å². The monoisotopic (exact) mass is 204 g/mol. The number of hydrogen-bond donors (Lipinski definition) is 0. The van der Waals surface area contributed by atoms with Crippen molar-refractivity contribution in [2.45, 2.75) is 26.7 Å². The highest BCUT2D eigenvalue weighted by Gasteiger charge is 2.35. The minimum atomic E-state index is 0.0848. The number of ether oxygens (including phenoxy) is 1. The first-order valence-corrected chi connectivity index (χ1v) is 5.46. The van der Waals surface area contributed by atoms with E-state index in [0.717, 1.165) is 16.9 Å². The van der Waals surface area contributed by atoms with Gasteiger partial charge in [0.2, 0.25) is 0 Å². The summed E-state index contributed by atoms with van der Waals surface area (Å²) in [4.78, 5) is 11.9. The number of fused-ring (bicyclic) bond motifs is 1. The van der Waals surface area contributed by atoms with Gasteiger partial charge in [-0.05, 0) is 18.9 Å². The second-order valence-electron chi connectivity index (χ2n) is 4.09. The van der Waals surface area contributed by atoms with E-state index in [0.29, 0.717) is 6.61 Å². The third-order valence-corrected chi connectivity index (χ3v) is 3.25. The Morgan fingerprint density at radius 3 is 2.67 bits per heavy atom. The highest BCUT2D eigenvalue weighted by atomic mass is 16.5. The van der Waals surface area contributed by atoms with E-state index in [-0.39, 0.29) is 17.6 Å². The molecular formula is C13H16O2. The van der Waals surface area contributed by atoms with Crippen LogP contribution >= 0.6 is 0 Å². The van der Waals surface area contributed by atoms with Crippen molar-refractivity contribution < 1.29 is 9.53 Å². The van der Waals surface area contributed by atoms with Gasteiger partial charge in [0.05, 0.1) is 6.61 Å². The molecule has 0 amide bonds. The molecule has 1 aromatic carbocycles. The number of carbonyl (C=O) groups excluding carboxylic acids is 1. The lowest BCUT2D eigenvalue weighted by molar-refractivity contribution is 0.0937. The van der Waals surface area contributed by atoms with E-state index in [1.165, 1.54) is 0 Å². The van der Waals surface area contributed by atoms with Crippen LogP contribution in [0.25, 0.3) is 0 Å². The average Bonchev–Trinajstić information content (AvgIpc) is 2.46. The Hall–Kier alpha value is -1.31. The van der Waals surface area contributed by atoms with E-state index < -0.39 is 0 Å². The second kappa shape index (κ2) is 3.69. The van der Waals surface area contributed by atoms with Crippen LogP contribution in [-0.4, -0.2) is 12.4 Å².